The van der Waals surface area contributed by atoms with Gasteiger partial charge in [0.15, 0.2) is 6.10 Å². The Balaban J connectivity index is 1.66. The summed E-state index contributed by atoms with van der Waals surface area (Å²) >= 11 is 0. The number of halogens is 1. The Morgan fingerprint density at radius 3 is 2.20 bits per heavy atom. The van der Waals surface area contributed by atoms with E-state index < -0.39 is 6.10 Å². The lowest BCUT2D eigenvalue weighted by atomic mass is 10.1. The van der Waals surface area contributed by atoms with Gasteiger partial charge in [0.25, 0.3) is 11.8 Å². The van der Waals surface area contributed by atoms with Gasteiger partial charge in [-0.2, -0.15) is 0 Å². The number of hydrogen-bond donors (Lipinski definition) is 2. The average Bonchev–Trinajstić information content (AvgIpc) is 2.75. The highest BCUT2D eigenvalue weighted by molar-refractivity contribution is 6.06. The number of nitrogens with one attached hydrogen (secondary N) is 2. The summed E-state index contributed by atoms with van der Waals surface area (Å²) in [4.78, 5) is 25.2. The molecule has 0 radical (unpaired) electrons. The first-order valence-electron chi connectivity index (χ1n) is 9.62. The maximum Gasteiger partial charge on any atom is 0.261 e. The summed E-state index contributed by atoms with van der Waals surface area (Å²) in [7, 11) is 0. The van der Waals surface area contributed by atoms with Crippen molar-refractivity contribution in [2.75, 3.05) is 5.32 Å². The van der Waals surface area contributed by atoms with Gasteiger partial charge in [0.2, 0.25) is 0 Å². The molecule has 0 fully saturated rings. The summed E-state index contributed by atoms with van der Waals surface area (Å²) in [5.74, 6) is -0.698. The van der Waals surface area contributed by atoms with E-state index in [1.165, 1.54) is 12.1 Å². The second-order valence-corrected chi connectivity index (χ2v) is 6.86. The number of anilines is 1. The summed E-state index contributed by atoms with van der Waals surface area (Å²) in [6.45, 7) is 3.41. The van der Waals surface area contributed by atoms with Crippen molar-refractivity contribution in [3.8, 4) is 5.75 Å². The molecule has 0 aliphatic rings. The number of carbonyl (C=O) groups excluding carboxylic acids is 2. The van der Waals surface area contributed by atoms with E-state index in [1.54, 1.807) is 62.4 Å². The molecule has 0 saturated heterocycles. The number of para-hydroxylation sites is 2. The number of amides is 2. The molecule has 0 saturated carbocycles. The largest absolute Gasteiger partial charge is 0.480 e. The normalized spacial score (nSPS) is 12.5. The topological polar surface area (TPSA) is 67.4 Å². The molecule has 0 aromatic heterocycles. The molecule has 30 heavy (non-hydrogen) atoms. The lowest BCUT2D eigenvalue weighted by Gasteiger charge is -2.20. The van der Waals surface area contributed by atoms with Crippen molar-refractivity contribution in [1.82, 2.24) is 5.32 Å². The summed E-state index contributed by atoms with van der Waals surface area (Å²) in [5.41, 5.74) is 1.77. The smallest absolute Gasteiger partial charge is 0.261 e. The van der Waals surface area contributed by atoms with Crippen molar-refractivity contribution >= 4 is 17.5 Å². The Morgan fingerprint density at radius 2 is 1.50 bits per heavy atom. The molecule has 0 unspecified atom stereocenters. The van der Waals surface area contributed by atoms with Crippen LogP contribution in [0.3, 0.4) is 0 Å². The van der Waals surface area contributed by atoms with Crippen LogP contribution in [0.15, 0.2) is 78.9 Å². The highest BCUT2D eigenvalue weighted by atomic mass is 19.1. The molecule has 3 aromatic rings. The predicted molar refractivity (Wildman–Crippen MR) is 114 cm³/mol. The number of hydrogen-bond acceptors (Lipinski definition) is 3. The van der Waals surface area contributed by atoms with Crippen LogP contribution in [-0.2, 0) is 4.79 Å². The third kappa shape index (κ3) is 5.44. The van der Waals surface area contributed by atoms with E-state index in [0.717, 1.165) is 5.56 Å². The number of rotatable bonds is 7. The van der Waals surface area contributed by atoms with Gasteiger partial charge in [-0.1, -0.05) is 42.5 Å². The van der Waals surface area contributed by atoms with Crippen molar-refractivity contribution in [2.45, 2.75) is 26.0 Å². The number of ether oxygens (including phenoxy) is 1. The molecule has 6 heteroatoms. The van der Waals surface area contributed by atoms with Crippen LogP contribution in [0.25, 0.3) is 0 Å². The number of carbonyl (C=O) groups is 2. The molecule has 2 N–H and O–H groups in total. The minimum Gasteiger partial charge on any atom is -0.480 e. The van der Waals surface area contributed by atoms with Gasteiger partial charge < -0.3 is 15.4 Å². The second-order valence-electron chi connectivity index (χ2n) is 6.86. The highest BCUT2D eigenvalue weighted by Gasteiger charge is 2.20. The van der Waals surface area contributed by atoms with E-state index in [0.29, 0.717) is 17.0 Å². The Bertz CT molecular complexity index is 1010. The van der Waals surface area contributed by atoms with Gasteiger partial charge in [0, 0.05) is 5.69 Å². The fraction of sp³-hybridized carbons (Fsp3) is 0.167. The lowest BCUT2D eigenvalue weighted by molar-refractivity contribution is -0.127. The van der Waals surface area contributed by atoms with Crippen LogP contribution in [0.5, 0.6) is 5.75 Å². The Morgan fingerprint density at radius 1 is 0.867 bits per heavy atom. The van der Waals surface area contributed by atoms with E-state index in [2.05, 4.69) is 10.6 Å². The van der Waals surface area contributed by atoms with Crippen LogP contribution in [0.1, 0.15) is 35.8 Å². The fourth-order valence-corrected chi connectivity index (χ4v) is 2.89. The predicted octanol–water partition coefficient (Wildman–Crippen LogP) is 4.72. The summed E-state index contributed by atoms with van der Waals surface area (Å²) in [5, 5.41) is 5.65. The molecule has 0 spiro atoms. The molecule has 3 rings (SSSR count). The average molecular weight is 406 g/mol. The zero-order valence-corrected chi connectivity index (χ0v) is 16.8. The summed E-state index contributed by atoms with van der Waals surface area (Å²) < 4.78 is 18.9. The van der Waals surface area contributed by atoms with Crippen molar-refractivity contribution in [3.63, 3.8) is 0 Å². The van der Waals surface area contributed by atoms with Gasteiger partial charge in [-0.25, -0.2) is 4.39 Å². The second kappa shape index (κ2) is 9.69. The Labute approximate surface area is 174 Å². The minimum atomic E-state index is -0.835. The quantitative estimate of drug-likeness (QED) is 0.596. The molecule has 2 amide bonds. The van der Waals surface area contributed by atoms with Gasteiger partial charge >= 0.3 is 0 Å². The van der Waals surface area contributed by atoms with Crippen LogP contribution in [-0.4, -0.2) is 17.9 Å². The monoisotopic (exact) mass is 406 g/mol. The van der Waals surface area contributed by atoms with Crippen LogP contribution >= 0.6 is 0 Å². The lowest BCUT2D eigenvalue weighted by Crippen LogP contribution is -2.38. The van der Waals surface area contributed by atoms with Crippen LogP contribution in [0.4, 0.5) is 10.1 Å². The molecular formula is C24H23FN2O3. The fourth-order valence-electron chi connectivity index (χ4n) is 2.89. The van der Waals surface area contributed by atoms with E-state index >= 15 is 0 Å². The molecule has 5 nitrogen and oxygen atoms in total. The van der Waals surface area contributed by atoms with E-state index in [1.807, 2.05) is 18.2 Å². The molecule has 0 bridgehead atoms. The van der Waals surface area contributed by atoms with Crippen molar-refractivity contribution in [1.29, 1.82) is 0 Å². The molecule has 154 valence electrons. The van der Waals surface area contributed by atoms with Crippen molar-refractivity contribution in [2.24, 2.45) is 0 Å². The first-order valence-corrected chi connectivity index (χ1v) is 9.62. The zero-order chi connectivity index (χ0) is 21.5. The van der Waals surface area contributed by atoms with Crippen LogP contribution < -0.4 is 15.4 Å². The van der Waals surface area contributed by atoms with Gasteiger partial charge in [-0.15, -0.1) is 0 Å². The van der Waals surface area contributed by atoms with Gasteiger partial charge in [0.05, 0.1) is 11.6 Å². The maximum atomic E-state index is 13.1. The molecule has 3 aromatic carbocycles. The van der Waals surface area contributed by atoms with Gasteiger partial charge in [-0.05, 0) is 55.8 Å². The van der Waals surface area contributed by atoms with E-state index in [9.17, 15) is 14.0 Å². The first-order chi connectivity index (χ1) is 14.4. The van der Waals surface area contributed by atoms with Gasteiger partial charge in [0.1, 0.15) is 11.6 Å². The third-order valence-corrected chi connectivity index (χ3v) is 4.57. The molecule has 0 heterocycles. The van der Waals surface area contributed by atoms with Crippen molar-refractivity contribution < 1.29 is 18.7 Å². The maximum absolute atomic E-state index is 13.1. The molecule has 0 aliphatic carbocycles. The summed E-state index contributed by atoms with van der Waals surface area (Å²) in [6.07, 6.45) is -0.835. The van der Waals surface area contributed by atoms with E-state index in [-0.39, 0.29) is 23.7 Å². The molecular weight excluding hydrogens is 383 g/mol. The summed E-state index contributed by atoms with van der Waals surface area (Å²) in [6, 6.07) is 21.5. The highest BCUT2D eigenvalue weighted by Crippen LogP contribution is 2.21. The zero-order valence-electron chi connectivity index (χ0n) is 16.8. The third-order valence-electron chi connectivity index (χ3n) is 4.57. The number of benzene rings is 3. The van der Waals surface area contributed by atoms with Crippen LogP contribution in [0.2, 0.25) is 0 Å². The van der Waals surface area contributed by atoms with Crippen LogP contribution in [0, 0.1) is 5.82 Å². The Hall–Kier alpha value is -3.67. The van der Waals surface area contributed by atoms with Gasteiger partial charge in [-0.3, -0.25) is 9.59 Å². The SMILES string of the molecule is C[C@H](Oc1ccccc1C(=O)Nc1ccccc1)C(=O)N[C@H](C)c1ccc(F)cc1. The Kier molecular flexibility index (Phi) is 6.80. The first kappa shape index (κ1) is 21.0. The van der Waals surface area contributed by atoms with Crippen molar-refractivity contribution in [3.05, 3.63) is 95.8 Å². The molecule has 2 atom stereocenters. The molecule has 0 aliphatic heterocycles. The minimum absolute atomic E-state index is 0.308. The standard InChI is InChI=1S/C24H23FN2O3/c1-16(18-12-14-19(25)15-13-18)26-23(28)17(2)30-22-11-7-6-10-21(22)24(29)27-20-8-4-3-5-9-20/h3-17H,1-2H3,(H,26,28)(H,27,29)/t16-,17+/m1/s1. The van der Waals surface area contributed by atoms with E-state index in [4.69, 9.17) is 4.74 Å².